The molecular formula is C21H24N2O2. The van der Waals surface area contributed by atoms with Crippen molar-refractivity contribution in [2.45, 2.75) is 19.5 Å². The minimum absolute atomic E-state index is 0.273. The quantitative estimate of drug-likeness (QED) is 0.760. The first-order valence-electron chi connectivity index (χ1n) is 8.92. The minimum atomic E-state index is 0.273. The smallest absolute Gasteiger partial charge is 0.134 e. The summed E-state index contributed by atoms with van der Waals surface area (Å²) in [7, 11) is 0. The van der Waals surface area contributed by atoms with Gasteiger partial charge in [-0.15, -0.1) is 0 Å². The number of morpholine rings is 1. The third-order valence-electron chi connectivity index (χ3n) is 4.91. The fourth-order valence-electron chi connectivity index (χ4n) is 3.36. The van der Waals surface area contributed by atoms with E-state index in [9.17, 15) is 0 Å². The molecule has 2 heterocycles. The fraction of sp³-hybridized carbons (Fsp3) is 0.333. The second kappa shape index (κ2) is 7.30. The van der Waals surface area contributed by atoms with Crippen LogP contribution in [0.3, 0.4) is 0 Å². The van der Waals surface area contributed by atoms with E-state index in [4.69, 9.17) is 9.15 Å². The number of hydrogen-bond acceptors (Lipinski definition) is 4. The first kappa shape index (κ1) is 16.2. The Labute approximate surface area is 148 Å². The second-order valence-electron chi connectivity index (χ2n) is 6.55. The van der Waals surface area contributed by atoms with Crippen molar-refractivity contribution in [2.75, 3.05) is 31.2 Å². The lowest BCUT2D eigenvalue weighted by molar-refractivity contribution is 0.122. The highest BCUT2D eigenvalue weighted by molar-refractivity contribution is 5.80. The van der Waals surface area contributed by atoms with E-state index in [2.05, 4.69) is 53.5 Å². The van der Waals surface area contributed by atoms with Gasteiger partial charge >= 0.3 is 0 Å². The summed E-state index contributed by atoms with van der Waals surface area (Å²) in [6.07, 6.45) is 1.86. The van der Waals surface area contributed by atoms with Crippen LogP contribution in [0.25, 0.3) is 11.0 Å². The van der Waals surface area contributed by atoms with E-state index in [1.165, 1.54) is 22.2 Å². The van der Waals surface area contributed by atoms with Gasteiger partial charge in [0.15, 0.2) is 0 Å². The number of hydrogen-bond donors (Lipinski definition) is 1. The molecule has 1 N–H and O–H groups in total. The summed E-state index contributed by atoms with van der Waals surface area (Å²) < 4.78 is 11.1. The van der Waals surface area contributed by atoms with Crippen LogP contribution in [0.5, 0.6) is 0 Å². The van der Waals surface area contributed by atoms with Gasteiger partial charge < -0.3 is 19.4 Å². The van der Waals surface area contributed by atoms with Crippen LogP contribution >= 0.6 is 0 Å². The molecule has 25 heavy (non-hydrogen) atoms. The zero-order chi connectivity index (χ0) is 17.1. The molecule has 2 aromatic carbocycles. The Morgan fingerprint density at radius 2 is 1.92 bits per heavy atom. The summed E-state index contributed by atoms with van der Waals surface area (Å²) >= 11 is 0. The zero-order valence-corrected chi connectivity index (χ0v) is 14.6. The van der Waals surface area contributed by atoms with Crippen LogP contribution in [0.15, 0.2) is 59.2 Å². The van der Waals surface area contributed by atoms with Gasteiger partial charge in [0, 0.05) is 42.3 Å². The van der Waals surface area contributed by atoms with Crippen molar-refractivity contribution in [3.05, 3.63) is 65.9 Å². The third kappa shape index (κ3) is 3.55. The number of para-hydroxylation sites is 1. The predicted octanol–water partition coefficient (Wildman–Crippen LogP) is 4.12. The number of ether oxygens (including phenoxy) is 1. The van der Waals surface area contributed by atoms with Gasteiger partial charge in [0.05, 0.1) is 19.5 Å². The Kier molecular flexibility index (Phi) is 4.72. The van der Waals surface area contributed by atoms with Crippen LogP contribution < -0.4 is 10.2 Å². The molecule has 3 aromatic rings. The van der Waals surface area contributed by atoms with Gasteiger partial charge in [0.25, 0.3) is 0 Å². The SMILES string of the molecule is CC(NCc1coc2ccccc12)c1cccc(N2CCOCC2)c1. The molecule has 1 atom stereocenters. The van der Waals surface area contributed by atoms with Gasteiger partial charge in [-0.05, 0) is 30.7 Å². The normalized spacial score (nSPS) is 16.3. The average Bonchev–Trinajstić information content (AvgIpc) is 3.10. The van der Waals surface area contributed by atoms with Gasteiger partial charge in [-0.3, -0.25) is 0 Å². The number of benzene rings is 2. The monoisotopic (exact) mass is 336 g/mol. The van der Waals surface area contributed by atoms with Gasteiger partial charge in [-0.25, -0.2) is 0 Å². The Morgan fingerprint density at radius 3 is 2.80 bits per heavy atom. The molecule has 0 aliphatic carbocycles. The summed E-state index contributed by atoms with van der Waals surface area (Å²) in [6.45, 7) is 6.55. The lowest BCUT2D eigenvalue weighted by atomic mass is 10.1. The Morgan fingerprint density at radius 1 is 1.08 bits per heavy atom. The third-order valence-corrected chi connectivity index (χ3v) is 4.91. The van der Waals surface area contributed by atoms with Crippen LogP contribution in [0.2, 0.25) is 0 Å². The van der Waals surface area contributed by atoms with Crippen molar-refractivity contribution in [1.82, 2.24) is 5.32 Å². The maximum Gasteiger partial charge on any atom is 0.134 e. The van der Waals surface area contributed by atoms with E-state index < -0.39 is 0 Å². The molecule has 4 nitrogen and oxygen atoms in total. The molecule has 4 heteroatoms. The Hall–Kier alpha value is -2.30. The Balaban J connectivity index is 1.45. The molecule has 1 aliphatic rings. The van der Waals surface area contributed by atoms with Crippen molar-refractivity contribution in [2.24, 2.45) is 0 Å². The fourth-order valence-corrected chi connectivity index (χ4v) is 3.36. The number of nitrogens with zero attached hydrogens (tertiary/aromatic N) is 1. The van der Waals surface area contributed by atoms with Crippen molar-refractivity contribution in [3.8, 4) is 0 Å². The zero-order valence-electron chi connectivity index (χ0n) is 14.6. The molecule has 0 saturated carbocycles. The minimum Gasteiger partial charge on any atom is -0.464 e. The molecule has 1 unspecified atom stereocenters. The van der Waals surface area contributed by atoms with Crippen molar-refractivity contribution in [1.29, 1.82) is 0 Å². The topological polar surface area (TPSA) is 37.6 Å². The molecule has 0 spiro atoms. The Bertz CT molecular complexity index is 837. The molecule has 130 valence electrons. The number of rotatable bonds is 5. The lowest BCUT2D eigenvalue weighted by Gasteiger charge is -2.29. The summed E-state index contributed by atoms with van der Waals surface area (Å²) in [6, 6.07) is 17.3. The van der Waals surface area contributed by atoms with Gasteiger partial charge in [0.1, 0.15) is 5.58 Å². The summed E-state index contributed by atoms with van der Waals surface area (Å²) in [5.41, 5.74) is 4.73. The highest BCUT2D eigenvalue weighted by atomic mass is 16.5. The van der Waals surface area contributed by atoms with Crippen molar-refractivity contribution < 1.29 is 9.15 Å². The number of anilines is 1. The van der Waals surface area contributed by atoms with Crippen molar-refractivity contribution >= 4 is 16.7 Å². The van der Waals surface area contributed by atoms with Crippen LogP contribution in [-0.2, 0) is 11.3 Å². The van der Waals surface area contributed by atoms with E-state index in [1.54, 1.807) is 0 Å². The van der Waals surface area contributed by atoms with Gasteiger partial charge in [-0.2, -0.15) is 0 Å². The number of fused-ring (bicyclic) bond motifs is 1. The summed E-state index contributed by atoms with van der Waals surface area (Å²) in [5, 5.41) is 4.80. The van der Waals surface area contributed by atoms with E-state index in [0.717, 1.165) is 38.4 Å². The maximum absolute atomic E-state index is 5.63. The maximum atomic E-state index is 5.63. The molecule has 1 aliphatic heterocycles. The molecular weight excluding hydrogens is 312 g/mol. The standard InChI is InChI=1S/C21H24N2O2/c1-16(22-14-18-15-25-21-8-3-2-7-20(18)21)17-5-4-6-19(13-17)23-9-11-24-12-10-23/h2-8,13,15-16,22H,9-12,14H2,1H3. The van der Waals surface area contributed by atoms with Crippen LogP contribution in [-0.4, -0.2) is 26.3 Å². The highest BCUT2D eigenvalue weighted by Crippen LogP contribution is 2.24. The van der Waals surface area contributed by atoms with Crippen LogP contribution in [0.1, 0.15) is 24.1 Å². The molecule has 4 rings (SSSR count). The molecule has 1 aromatic heterocycles. The summed E-state index contributed by atoms with van der Waals surface area (Å²) in [5.74, 6) is 0. The first-order chi connectivity index (χ1) is 12.3. The number of furan rings is 1. The first-order valence-corrected chi connectivity index (χ1v) is 8.92. The van der Waals surface area contributed by atoms with Crippen molar-refractivity contribution in [3.63, 3.8) is 0 Å². The largest absolute Gasteiger partial charge is 0.464 e. The molecule has 0 bridgehead atoms. The van der Waals surface area contributed by atoms with E-state index in [0.29, 0.717) is 0 Å². The average molecular weight is 336 g/mol. The van der Waals surface area contributed by atoms with E-state index in [-0.39, 0.29) is 6.04 Å². The molecule has 1 fully saturated rings. The highest BCUT2D eigenvalue weighted by Gasteiger charge is 2.13. The summed E-state index contributed by atoms with van der Waals surface area (Å²) in [4.78, 5) is 2.39. The van der Waals surface area contributed by atoms with Crippen LogP contribution in [0, 0.1) is 0 Å². The second-order valence-corrected chi connectivity index (χ2v) is 6.55. The van der Waals surface area contributed by atoms with Crippen LogP contribution in [0.4, 0.5) is 5.69 Å². The van der Waals surface area contributed by atoms with Gasteiger partial charge in [-0.1, -0.05) is 30.3 Å². The van der Waals surface area contributed by atoms with E-state index in [1.807, 2.05) is 18.4 Å². The lowest BCUT2D eigenvalue weighted by Crippen LogP contribution is -2.36. The molecule has 0 amide bonds. The molecule has 1 saturated heterocycles. The number of nitrogens with one attached hydrogen (secondary N) is 1. The van der Waals surface area contributed by atoms with E-state index >= 15 is 0 Å². The van der Waals surface area contributed by atoms with Gasteiger partial charge in [0.2, 0.25) is 0 Å². The predicted molar refractivity (Wildman–Crippen MR) is 101 cm³/mol. The molecule has 0 radical (unpaired) electrons.